The third-order valence-electron chi connectivity index (χ3n) is 3.17. The molecule has 0 heterocycles. The molecule has 0 spiro atoms. The third kappa shape index (κ3) is 4.63. The number of aryl methyl sites for hydroxylation is 1. The maximum atomic E-state index is 12.1. The first-order chi connectivity index (χ1) is 11.5. The predicted octanol–water partition coefficient (Wildman–Crippen LogP) is 2.50. The number of hydrazine groups is 1. The van der Waals surface area contributed by atoms with Crippen LogP contribution < -0.4 is 20.3 Å². The number of halogens is 1. The number of nitrogens with one attached hydrogen (secondary N) is 2. The van der Waals surface area contributed by atoms with Gasteiger partial charge in [-0.25, -0.2) is 0 Å². The number of benzene rings is 2. The molecule has 0 aliphatic heterocycles. The van der Waals surface area contributed by atoms with Crippen molar-refractivity contribution < 1.29 is 19.1 Å². The van der Waals surface area contributed by atoms with Gasteiger partial charge in [-0.15, -0.1) is 0 Å². The van der Waals surface area contributed by atoms with Crippen LogP contribution in [-0.4, -0.2) is 25.5 Å². The molecule has 0 saturated heterocycles. The highest BCUT2D eigenvalue weighted by molar-refractivity contribution is 6.31. The van der Waals surface area contributed by atoms with E-state index in [1.54, 1.807) is 18.2 Å². The second kappa shape index (κ2) is 8.21. The van der Waals surface area contributed by atoms with Crippen molar-refractivity contribution in [3.05, 3.63) is 58.6 Å². The SMILES string of the molecule is COc1ccc(Cl)cc1C(=O)NNC(=O)COc1ccccc1C. The number of para-hydroxylation sites is 1. The average molecular weight is 349 g/mol. The number of carbonyl (C=O) groups is 2. The second-order valence-corrected chi connectivity index (χ2v) is 5.34. The Morgan fingerprint density at radius 3 is 2.54 bits per heavy atom. The number of hydrogen-bond acceptors (Lipinski definition) is 4. The minimum absolute atomic E-state index is 0.213. The minimum Gasteiger partial charge on any atom is -0.496 e. The van der Waals surface area contributed by atoms with Gasteiger partial charge >= 0.3 is 0 Å². The number of carbonyl (C=O) groups excluding carboxylic acids is 2. The highest BCUT2D eigenvalue weighted by Gasteiger charge is 2.14. The Labute approximate surface area is 144 Å². The van der Waals surface area contributed by atoms with E-state index in [0.717, 1.165) is 5.56 Å². The highest BCUT2D eigenvalue weighted by atomic mass is 35.5. The van der Waals surface area contributed by atoms with Crippen LogP contribution in [0.15, 0.2) is 42.5 Å². The Morgan fingerprint density at radius 1 is 1.08 bits per heavy atom. The van der Waals surface area contributed by atoms with Gasteiger partial charge in [-0.2, -0.15) is 0 Å². The molecule has 0 radical (unpaired) electrons. The standard InChI is InChI=1S/C17H17ClN2O4/c1-11-5-3-4-6-14(11)24-10-16(21)19-20-17(22)13-9-12(18)7-8-15(13)23-2/h3-9H,10H2,1-2H3,(H,19,21)(H,20,22). The lowest BCUT2D eigenvalue weighted by Gasteiger charge is -2.12. The summed E-state index contributed by atoms with van der Waals surface area (Å²) >= 11 is 5.87. The summed E-state index contributed by atoms with van der Waals surface area (Å²) in [4.78, 5) is 23.9. The van der Waals surface area contributed by atoms with Crippen molar-refractivity contribution >= 4 is 23.4 Å². The van der Waals surface area contributed by atoms with Crippen LogP contribution in [0.25, 0.3) is 0 Å². The minimum atomic E-state index is -0.543. The molecule has 0 aliphatic carbocycles. The van der Waals surface area contributed by atoms with Gasteiger partial charge in [-0.1, -0.05) is 29.8 Å². The van der Waals surface area contributed by atoms with Crippen LogP contribution >= 0.6 is 11.6 Å². The third-order valence-corrected chi connectivity index (χ3v) is 3.41. The van der Waals surface area contributed by atoms with Gasteiger partial charge in [0.2, 0.25) is 0 Å². The lowest BCUT2D eigenvalue weighted by atomic mass is 10.2. The lowest BCUT2D eigenvalue weighted by Crippen LogP contribution is -2.44. The van der Waals surface area contributed by atoms with Gasteiger partial charge in [0.05, 0.1) is 12.7 Å². The molecule has 0 fully saturated rings. The van der Waals surface area contributed by atoms with Crippen molar-refractivity contribution in [1.29, 1.82) is 0 Å². The molecule has 0 aromatic heterocycles. The van der Waals surface area contributed by atoms with Crippen LogP contribution in [-0.2, 0) is 4.79 Å². The predicted molar refractivity (Wildman–Crippen MR) is 90.3 cm³/mol. The molecule has 2 rings (SSSR count). The molecule has 7 heteroatoms. The Kier molecular flexibility index (Phi) is 6.03. The van der Waals surface area contributed by atoms with Gasteiger partial charge in [0, 0.05) is 5.02 Å². The van der Waals surface area contributed by atoms with Gasteiger partial charge in [0.25, 0.3) is 11.8 Å². The van der Waals surface area contributed by atoms with Gasteiger partial charge in [-0.3, -0.25) is 20.4 Å². The van der Waals surface area contributed by atoms with Gasteiger partial charge < -0.3 is 9.47 Å². The number of methoxy groups -OCH3 is 1. The van der Waals surface area contributed by atoms with Crippen LogP contribution in [0.4, 0.5) is 0 Å². The van der Waals surface area contributed by atoms with Crippen molar-refractivity contribution in [3.8, 4) is 11.5 Å². The Balaban J connectivity index is 1.89. The van der Waals surface area contributed by atoms with E-state index in [-0.39, 0.29) is 12.2 Å². The Bertz CT molecular complexity index is 749. The number of amides is 2. The number of ether oxygens (including phenoxy) is 2. The van der Waals surface area contributed by atoms with E-state index in [1.165, 1.54) is 13.2 Å². The van der Waals surface area contributed by atoms with Crippen molar-refractivity contribution in [1.82, 2.24) is 10.9 Å². The molecule has 2 amide bonds. The maximum absolute atomic E-state index is 12.1. The van der Waals surface area contributed by atoms with Crippen LogP contribution in [0.3, 0.4) is 0 Å². The molecular formula is C17H17ClN2O4. The fourth-order valence-corrected chi connectivity index (χ4v) is 2.12. The molecule has 0 unspecified atom stereocenters. The van der Waals surface area contributed by atoms with Crippen molar-refractivity contribution in [2.24, 2.45) is 0 Å². The summed E-state index contributed by atoms with van der Waals surface area (Å²) in [6.45, 7) is 1.65. The van der Waals surface area contributed by atoms with Crippen LogP contribution in [0.2, 0.25) is 5.02 Å². The zero-order chi connectivity index (χ0) is 17.5. The summed E-state index contributed by atoms with van der Waals surface area (Å²) in [6, 6.07) is 11.9. The van der Waals surface area contributed by atoms with E-state index >= 15 is 0 Å². The Morgan fingerprint density at radius 2 is 1.83 bits per heavy atom. The quantitative estimate of drug-likeness (QED) is 0.814. The van der Waals surface area contributed by atoms with Crippen LogP contribution in [0, 0.1) is 6.92 Å². The maximum Gasteiger partial charge on any atom is 0.276 e. The molecular weight excluding hydrogens is 332 g/mol. The molecule has 126 valence electrons. The molecule has 0 bridgehead atoms. The molecule has 2 N–H and O–H groups in total. The summed E-state index contributed by atoms with van der Waals surface area (Å²) < 4.78 is 10.5. The topological polar surface area (TPSA) is 76.7 Å². The highest BCUT2D eigenvalue weighted by Crippen LogP contribution is 2.22. The van der Waals surface area contributed by atoms with E-state index in [4.69, 9.17) is 21.1 Å². The number of hydrogen-bond donors (Lipinski definition) is 2. The zero-order valence-corrected chi connectivity index (χ0v) is 14.0. The van der Waals surface area contributed by atoms with E-state index in [1.807, 2.05) is 25.1 Å². The first-order valence-corrected chi connectivity index (χ1v) is 7.50. The van der Waals surface area contributed by atoms with Gasteiger partial charge in [-0.05, 0) is 36.8 Å². The summed E-state index contributed by atoms with van der Waals surface area (Å²) in [7, 11) is 1.44. The van der Waals surface area contributed by atoms with E-state index in [9.17, 15) is 9.59 Å². The van der Waals surface area contributed by atoms with Crippen LogP contribution in [0.5, 0.6) is 11.5 Å². The molecule has 0 saturated carbocycles. The molecule has 0 aliphatic rings. The molecule has 2 aromatic rings. The fraction of sp³-hybridized carbons (Fsp3) is 0.176. The number of rotatable bonds is 5. The zero-order valence-electron chi connectivity index (χ0n) is 13.3. The molecule has 2 aromatic carbocycles. The normalized spacial score (nSPS) is 9.96. The van der Waals surface area contributed by atoms with Gasteiger partial charge in [0.1, 0.15) is 11.5 Å². The second-order valence-electron chi connectivity index (χ2n) is 4.90. The summed E-state index contributed by atoms with van der Waals surface area (Å²) in [6.07, 6.45) is 0. The van der Waals surface area contributed by atoms with Crippen LogP contribution in [0.1, 0.15) is 15.9 Å². The first kappa shape index (κ1) is 17.6. The summed E-state index contributed by atoms with van der Waals surface area (Å²) in [5, 5.41) is 0.384. The largest absolute Gasteiger partial charge is 0.496 e. The molecule has 6 nitrogen and oxygen atoms in total. The summed E-state index contributed by atoms with van der Waals surface area (Å²) in [5.74, 6) is -0.0796. The first-order valence-electron chi connectivity index (χ1n) is 7.12. The smallest absolute Gasteiger partial charge is 0.276 e. The fourth-order valence-electron chi connectivity index (χ4n) is 1.95. The molecule has 24 heavy (non-hydrogen) atoms. The van der Waals surface area contributed by atoms with E-state index in [2.05, 4.69) is 10.9 Å². The van der Waals surface area contributed by atoms with Crippen molar-refractivity contribution in [2.75, 3.05) is 13.7 Å². The van der Waals surface area contributed by atoms with Gasteiger partial charge in [0.15, 0.2) is 6.61 Å². The molecule has 0 atom stereocenters. The monoisotopic (exact) mass is 348 g/mol. The summed E-state index contributed by atoms with van der Waals surface area (Å²) in [5.41, 5.74) is 5.70. The lowest BCUT2D eigenvalue weighted by molar-refractivity contribution is -0.123. The van der Waals surface area contributed by atoms with Crippen molar-refractivity contribution in [3.63, 3.8) is 0 Å². The van der Waals surface area contributed by atoms with E-state index < -0.39 is 11.8 Å². The van der Waals surface area contributed by atoms with E-state index in [0.29, 0.717) is 16.5 Å². The van der Waals surface area contributed by atoms with Crippen molar-refractivity contribution in [2.45, 2.75) is 6.92 Å². The average Bonchev–Trinajstić information content (AvgIpc) is 2.59. The Hall–Kier alpha value is -2.73.